The summed E-state index contributed by atoms with van der Waals surface area (Å²) in [5, 5.41) is 1.88. The number of hydrogen-bond donors (Lipinski definition) is 1. The minimum absolute atomic E-state index is 0.0940. The highest BCUT2D eigenvalue weighted by atomic mass is 32.1. The summed E-state index contributed by atoms with van der Waals surface area (Å²) in [4.78, 5) is 42.5. The number of rotatable bonds is 3. The van der Waals surface area contributed by atoms with E-state index in [0.29, 0.717) is 13.1 Å². The van der Waals surface area contributed by atoms with Gasteiger partial charge in [-0.15, -0.1) is 11.3 Å². The zero-order chi connectivity index (χ0) is 17.3. The standard InChI is InChI=1S/C18H20N2O3S/c1-11-9-14(17(22)19-12(11)2)18(23)20-7-3-5-13(10-20)16(21)15-6-4-8-24-15/h4,6,8-9,13H,3,5,7,10H2,1-2H3,(H,19,22)/t13-/m0/s1. The first-order valence-electron chi connectivity index (χ1n) is 8.05. The molecule has 24 heavy (non-hydrogen) atoms. The van der Waals surface area contributed by atoms with Gasteiger partial charge in [0.15, 0.2) is 5.78 Å². The van der Waals surface area contributed by atoms with Crippen LogP contribution < -0.4 is 5.56 Å². The number of hydrogen-bond acceptors (Lipinski definition) is 4. The molecule has 0 unspecified atom stereocenters. The maximum atomic E-state index is 12.7. The fraction of sp³-hybridized carbons (Fsp3) is 0.389. The molecule has 1 fully saturated rings. The lowest BCUT2D eigenvalue weighted by Crippen LogP contribution is -2.43. The summed E-state index contributed by atoms with van der Waals surface area (Å²) in [6, 6.07) is 5.32. The van der Waals surface area contributed by atoms with Gasteiger partial charge in [-0.2, -0.15) is 0 Å². The van der Waals surface area contributed by atoms with Crippen LogP contribution in [-0.2, 0) is 0 Å². The number of Topliss-reactive ketones (excluding diaryl/α,β-unsaturated/α-hetero) is 1. The molecule has 1 N–H and O–H groups in total. The number of pyridine rings is 1. The van der Waals surface area contributed by atoms with Crippen LogP contribution in [-0.4, -0.2) is 34.7 Å². The number of carbonyl (C=O) groups excluding carboxylic acids is 2. The molecule has 0 aromatic carbocycles. The molecule has 1 aliphatic rings. The van der Waals surface area contributed by atoms with E-state index in [9.17, 15) is 14.4 Å². The normalized spacial score (nSPS) is 17.8. The number of aryl methyl sites for hydroxylation is 2. The lowest BCUT2D eigenvalue weighted by atomic mass is 9.92. The van der Waals surface area contributed by atoms with Gasteiger partial charge in [-0.1, -0.05) is 6.07 Å². The fourth-order valence-electron chi connectivity index (χ4n) is 3.05. The van der Waals surface area contributed by atoms with Crippen molar-refractivity contribution in [1.29, 1.82) is 0 Å². The maximum absolute atomic E-state index is 12.7. The minimum atomic E-state index is -0.366. The van der Waals surface area contributed by atoms with Crippen molar-refractivity contribution in [3.8, 4) is 0 Å². The molecule has 1 amide bonds. The summed E-state index contributed by atoms with van der Waals surface area (Å²) in [6.45, 7) is 4.63. The van der Waals surface area contributed by atoms with Gasteiger partial charge in [-0.25, -0.2) is 0 Å². The van der Waals surface area contributed by atoms with Crippen molar-refractivity contribution >= 4 is 23.0 Å². The van der Waals surface area contributed by atoms with Crippen LogP contribution in [0.4, 0.5) is 0 Å². The topological polar surface area (TPSA) is 70.2 Å². The Kier molecular flexibility index (Phi) is 4.66. The first kappa shape index (κ1) is 16.6. The second-order valence-electron chi connectivity index (χ2n) is 6.25. The molecule has 6 heteroatoms. The largest absolute Gasteiger partial charge is 0.338 e. The molecular formula is C18H20N2O3S. The predicted molar refractivity (Wildman–Crippen MR) is 93.8 cm³/mol. The number of aromatic amines is 1. The third kappa shape index (κ3) is 3.19. The second-order valence-corrected chi connectivity index (χ2v) is 7.20. The van der Waals surface area contributed by atoms with E-state index in [1.165, 1.54) is 11.3 Å². The number of nitrogens with zero attached hydrogens (tertiary/aromatic N) is 1. The Morgan fingerprint density at radius 3 is 2.83 bits per heavy atom. The molecule has 1 saturated heterocycles. The van der Waals surface area contributed by atoms with E-state index in [0.717, 1.165) is 29.0 Å². The van der Waals surface area contributed by atoms with Gasteiger partial charge in [0, 0.05) is 24.7 Å². The Morgan fingerprint density at radius 2 is 2.12 bits per heavy atom. The summed E-state index contributed by atoms with van der Waals surface area (Å²) in [5.41, 5.74) is 1.43. The summed E-state index contributed by atoms with van der Waals surface area (Å²) in [6.07, 6.45) is 1.56. The lowest BCUT2D eigenvalue weighted by Gasteiger charge is -2.31. The Labute approximate surface area is 144 Å². The van der Waals surface area contributed by atoms with Crippen LogP contribution in [0.25, 0.3) is 0 Å². The van der Waals surface area contributed by atoms with Gasteiger partial charge < -0.3 is 9.88 Å². The molecule has 5 nitrogen and oxygen atoms in total. The molecule has 3 rings (SSSR count). The smallest absolute Gasteiger partial charge is 0.261 e. The quantitative estimate of drug-likeness (QED) is 0.871. The van der Waals surface area contributed by atoms with E-state index in [1.54, 1.807) is 11.0 Å². The van der Waals surface area contributed by atoms with Gasteiger partial charge >= 0.3 is 0 Å². The van der Waals surface area contributed by atoms with Crippen LogP contribution in [0.3, 0.4) is 0 Å². The van der Waals surface area contributed by atoms with Gasteiger partial charge in [0.05, 0.1) is 4.88 Å². The molecular weight excluding hydrogens is 324 g/mol. The summed E-state index contributed by atoms with van der Waals surface area (Å²) >= 11 is 1.43. The van der Waals surface area contributed by atoms with Gasteiger partial charge in [0.1, 0.15) is 5.56 Å². The monoisotopic (exact) mass is 344 g/mol. The highest BCUT2D eigenvalue weighted by Gasteiger charge is 2.30. The van der Waals surface area contributed by atoms with Crippen LogP contribution in [0, 0.1) is 19.8 Å². The maximum Gasteiger partial charge on any atom is 0.261 e. The summed E-state index contributed by atoms with van der Waals surface area (Å²) in [5.74, 6) is -0.383. The molecule has 0 spiro atoms. The average molecular weight is 344 g/mol. The van der Waals surface area contributed by atoms with Crippen LogP contribution in [0.1, 0.15) is 44.1 Å². The number of thiophene rings is 1. The SMILES string of the molecule is Cc1cc(C(=O)N2CCC[C@H](C(=O)c3cccs3)C2)c(=O)[nH]c1C. The number of carbonyl (C=O) groups is 2. The van der Waals surface area contributed by atoms with Crippen molar-refractivity contribution in [3.63, 3.8) is 0 Å². The lowest BCUT2D eigenvalue weighted by molar-refractivity contribution is 0.0636. The molecule has 0 bridgehead atoms. The third-order valence-corrected chi connectivity index (χ3v) is 5.46. The molecule has 0 saturated carbocycles. The number of likely N-dealkylation sites (tertiary alicyclic amines) is 1. The molecule has 0 radical (unpaired) electrons. The molecule has 1 aliphatic heterocycles. The zero-order valence-electron chi connectivity index (χ0n) is 13.8. The molecule has 2 aromatic rings. The van der Waals surface area contributed by atoms with E-state index in [2.05, 4.69) is 4.98 Å². The second kappa shape index (κ2) is 6.73. The fourth-order valence-corrected chi connectivity index (χ4v) is 3.79. The summed E-state index contributed by atoms with van der Waals surface area (Å²) < 4.78 is 0. The number of ketones is 1. The molecule has 126 valence electrons. The Bertz CT molecular complexity index is 823. The van der Waals surface area contributed by atoms with E-state index >= 15 is 0 Å². The number of aromatic nitrogens is 1. The van der Waals surface area contributed by atoms with Crippen molar-refractivity contribution in [2.75, 3.05) is 13.1 Å². The predicted octanol–water partition coefficient (Wildman–Crippen LogP) is 2.79. The van der Waals surface area contributed by atoms with E-state index in [-0.39, 0.29) is 28.7 Å². The minimum Gasteiger partial charge on any atom is -0.338 e. The third-order valence-electron chi connectivity index (χ3n) is 4.57. The number of H-pyrrole nitrogens is 1. The first-order chi connectivity index (χ1) is 11.5. The Hall–Kier alpha value is -2.21. The van der Waals surface area contributed by atoms with Crippen LogP contribution in [0.2, 0.25) is 0 Å². The van der Waals surface area contributed by atoms with E-state index < -0.39 is 0 Å². The van der Waals surface area contributed by atoms with Crippen molar-refractivity contribution in [3.05, 3.63) is 55.6 Å². The van der Waals surface area contributed by atoms with Crippen LogP contribution in [0.5, 0.6) is 0 Å². The highest BCUT2D eigenvalue weighted by Crippen LogP contribution is 2.24. The number of piperidine rings is 1. The number of nitrogens with one attached hydrogen (secondary N) is 1. The number of amides is 1. The Morgan fingerprint density at radius 1 is 1.33 bits per heavy atom. The van der Waals surface area contributed by atoms with Gasteiger partial charge in [0.25, 0.3) is 11.5 Å². The molecule has 2 aromatic heterocycles. The first-order valence-corrected chi connectivity index (χ1v) is 8.93. The molecule has 0 aliphatic carbocycles. The van der Waals surface area contributed by atoms with Gasteiger partial charge in [-0.05, 0) is 49.8 Å². The van der Waals surface area contributed by atoms with Crippen molar-refractivity contribution in [2.45, 2.75) is 26.7 Å². The summed E-state index contributed by atoms with van der Waals surface area (Å²) in [7, 11) is 0. The van der Waals surface area contributed by atoms with E-state index in [1.807, 2.05) is 31.4 Å². The highest BCUT2D eigenvalue weighted by molar-refractivity contribution is 7.12. The molecule has 3 heterocycles. The van der Waals surface area contributed by atoms with Gasteiger partial charge in [-0.3, -0.25) is 14.4 Å². The van der Waals surface area contributed by atoms with Crippen molar-refractivity contribution in [1.82, 2.24) is 9.88 Å². The average Bonchev–Trinajstić information content (AvgIpc) is 3.11. The molecule has 1 atom stereocenters. The van der Waals surface area contributed by atoms with E-state index in [4.69, 9.17) is 0 Å². The zero-order valence-corrected chi connectivity index (χ0v) is 14.6. The van der Waals surface area contributed by atoms with Crippen LogP contribution >= 0.6 is 11.3 Å². The van der Waals surface area contributed by atoms with Gasteiger partial charge in [0.2, 0.25) is 0 Å². The van der Waals surface area contributed by atoms with Crippen molar-refractivity contribution in [2.24, 2.45) is 5.92 Å². The Balaban J connectivity index is 1.80. The van der Waals surface area contributed by atoms with Crippen molar-refractivity contribution < 1.29 is 9.59 Å². The van der Waals surface area contributed by atoms with Crippen LogP contribution in [0.15, 0.2) is 28.4 Å².